The monoisotopic (exact) mass is 275 g/mol. The quantitative estimate of drug-likeness (QED) is 0.600. The van der Waals surface area contributed by atoms with E-state index in [-0.39, 0.29) is 0 Å². The minimum atomic E-state index is 0.871. The average molecular weight is 275 g/mol. The highest BCUT2D eigenvalue weighted by atomic mass is 32.2. The van der Waals surface area contributed by atoms with Crippen molar-refractivity contribution >= 4 is 11.8 Å². The fourth-order valence-corrected chi connectivity index (χ4v) is 2.72. The number of nitrogens with zero attached hydrogens (tertiary/aromatic N) is 1. The SMILES string of the molecule is CCCNCc1cnc(CSc2cccc(C)c2)[nH]1. The Morgan fingerprint density at radius 2 is 2.26 bits per heavy atom. The molecule has 0 amide bonds. The molecule has 0 radical (unpaired) electrons. The largest absolute Gasteiger partial charge is 0.344 e. The van der Waals surface area contributed by atoms with Gasteiger partial charge in [0.2, 0.25) is 0 Å². The molecule has 0 spiro atoms. The third-order valence-electron chi connectivity index (χ3n) is 2.79. The number of aromatic amines is 1. The number of aryl methyl sites for hydroxylation is 1. The lowest BCUT2D eigenvalue weighted by molar-refractivity contribution is 0.666. The van der Waals surface area contributed by atoms with Crippen LogP contribution in [0.3, 0.4) is 0 Å². The van der Waals surface area contributed by atoms with Crippen molar-refractivity contribution in [3.8, 4) is 0 Å². The Balaban J connectivity index is 1.83. The van der Waals surface area contributed by atoms with E-state index in [0.29, 0.717) is 0 Å². The molecule has 0 aliphatic heterocycles. The molecule has 3 nitrogen and oxygen atoms in total. The molecule has 2 rings (SSSR count). The van der Waals surface area contributed by atoms with E-state index < -0.39 is 0 Å². The van der Waals surface area contributed by atoms with Gasteiger partial charge in [0, 0.05) is 23.3 Å². The number of benzene rings is 1. The molecule has 0 unspecified atom stereocenters. The molecule has 102 valence electrons. The second-order valence-electron chi connectivity index (χ2n) is 4.64. The predicted molar refractivity (Wildman–Crippen MR) is 81.3 cm³/mol. The van der Waals surface area contributed by atoms with E-state index in [4.69, 9.17) is 0 Å². The van der Waals surface area contributed by atoms with Gasteiger partial charge in [-0.25, -0.2) is 4.98 Å². The Hall–Kier alpha value is -1.26. The van der Waals surface area contributed by atoms with Gasteiger partial charge in [-0.3, -0.25) is 0 Å². The zero-order valence-electron chi connectivity index (χ0n) is 11.6. The summed E-state index contributed by atoms with van der Waals surface area (Å²) in [5, 5.41) is 3.37. The molecular formula is C15H21N3S. The maximum absolute atomic E-state index is 4.42. The molecule has 0 atom stereocenters. The van der Waals surface area contributed by atoms with Gasteiger partial charge in [0.25, 0.3) is 0 Å². The number of rotatable bonds is 7. The number of thioether (sulfide) groups is 1. The number of hydrogen-bond donors (Lipinski definition) is 2. The van der Waals surface area contributed by atoms with E-state index >= 15 is 0 Å². The smallest absolute Gasteiger partial charge is 0.116 e. The van der Waals surface area contributed by atoms with Crippen LogP contribution in [-0.2, 0) is 12.3 Å². The summed E-state index contributed by atoms with van der Waals surface area (Å²) in [5.74, 6) is 1.93. The molecule has 4 heteroatoms. The molecule has 0 aliphatic rings. The zero-order valence-corrected chi connectivity index (χ0v) is 12.4. The third-order valence-corrected chi connectivity index (χ3v) is 3.79. The Morgan fingerprint density at radius 3 is 3.05 bits per heavy atom. The summed E-state index contributed by atoms with van der Waals surface area (Å²) in [6.45, 7) is 6.21. The van der Waals surface area contributed by atoms with Crippen molar-refractivity contribution in [2.24, 2.45) is 0 Å². The van der Waals surface area contributed by atoms with Crippen LogP contribution in [-0.4, -0.2) is 16.5 Å². The molecule has 19 heavy (non-hydrogen) atoms. The van der Waals surface area contributed by atoms with Gasteiger partial charge in [-0.05, 0) is 32.0 Å². The van der Waals surface area contributed by atoms with Crippen LogP contribution < -0.4 is 5.32 Å². The summed E-state index contributed by atoms with van der Waals surface area (Å²) in [6, 6.07) is 8.57. The van der Waals surface area contributed by atoms with Crippen molar-refractivity contribution in [2.45, 2.75) is 37.5 Å². The van der Waals surface area contributed by atoms with Crippen molar-refractivity contribution in [1.29, 1.82) is 0 Å². The van der Waals surface area contributed by atoms with Crippen molar-refractivity contribution < 1.29 is 0 Å². The Kier molecular flexibility index (Phi) is 5.48. The second-order valence-corrected chi connectivity index (χ2v) is 5.69. The Labute approximate surface area is 119 Å². The van der Waals surface area contributed by atoms with Gasteiger partial charge in [-0.1, -0.05) is 24.6 Å². The number of imidazole rings is 1. The molecule has 0 saturated heterocycles. The summed E-state index contributed by atoms with van der Waals surface area (Å²) in [4.78, 5) is 9.07. The molecule has 0 aliphatic carbocycles. The number of hydrogen-bond acceptors (Lipinski definition) is 3. The van der Waals surface area contributed by atoms with Crippen LogP contribution in [0.15, 0.2) is 35.4 Å². The normalized spacial score (nSPS) is 10.8. The maximum atomic E-state index is 4.42. The highest BCUT2D eigenvalue weighted by Gasteiger charge is 2.02. The first-order valence-corrected chi connectivity index (χ1v) is 7.69. The number of aromatic nitrogens is 2. The van der Waals surface area contributed by atoms with Gasteiger partial charge in [0.05, 0.1) is 5.75 Å². The predicted octanol–water partition coefficient (Wildman–Crippen LogP) is 3.51. The van der Waals surface area contributed by atoms with Crippen molar-refractivity contribution in [3.63, 3.8) is 0 Å². The van der Waals surface area contributed by atoms with Gasteiger partial charge in [-0.2, -0.15) is 0 Å². The van der Waals surface area contributed by atoms with Gasteiger partial charge in [0.1, 0.15) is 5.82 Å². The standard InChI is InChI=1S/C15H21N3S/c1-3-7-16-9-13-10-17-15(18-13)11-19-14-6-4-5-12(2)8-14/h4-6,8,10,16H,3,7,9,11H2,1-2H3,(H,17,18). The van der Waals surface area contributed by atoms with E-state index in [1.165, 1.54) is 10.5 Å². The Bertz CT molecular complexity index is 508. The lowest BCUT2D eigenvalue weighted by Gasteiger charge is -2.01. The van der Waals surface area contributed by atoms with Crippen LogP contribution in [0.2, 0.25) is 0 Å². The highest BCUT2D eigenvalue weighted by Crippen LogP contribution is 2.22. The first kappa shape index (κ1) is 14.2. The first-order valence-electron chi connectivity index (χ1n) is 6.71. The van der Waals surface area contributed by atoms with Crippen LogP contribution >= 0.6 is 11.8 Å². The lowest BCUT2D eigenvalue weighted by Crippen LogP contribution is -2.13. The fraction of sp³-hybridized carbons (Fsp3) is 0.400. The average Bonchev–Trinajstić information content (AvgIpc) is 2.85. The minimum Gasteiger partial charge on any atom is -0.344 e. The number of H-pyrrole nitrogens is 1. The van der Waals surface area contributed by atoms with Crippen molar-refractivity contribution in [1.82, 2.24) is 15.3 Å². The van der Waals surface area contributed by atoms with Crippen LogP contribution in [0.4, 0.5) is 0 Å². The zero-order chi connectivity index (χ0) is 13.5. The summed E-state index contributed by atoms with van der Waals surface area (Å²) in [6.07, 6.45) is 3.08. The molecule has 2 aromatic rings. The van der Waals surface area contributed by atoms with E-state index in [9.17, 15) is 0 Å². The molecule has 1 aromatic heterocycles. The molecule has 0 bridgehead atoms. The van der Waals surface area contributed by atoms with Gasteiger partial charge < -0.3 is 10.3 Å². The van der Waals surface area contributed by atoms with Crippen LogP contribution in [0.1, 0.15) is 30.4 Å². The Morgan fingerprint density at radius 1 is 1.37 bits per heavy atom. The van der Waals surface area contributed by atoms with E-state index in [1.54, 1.807) is 0 Å². The van der Waals surface area contributed by atoms with E-state index in [2.05, 4.69) is 53.4 Å². The molecule has 1 heterocycles. The highest BCUT2D eigenvalue weighted by molar-refractivity contribution is 7.98. The lowest BCUT2D eigenvalue weighted by atomic mass is 10.2. The van der Waals surface area contributed by atoms with E-state index in [1.807, 2.05) is 18.0 Å². The fourth-order valence-electron chi connectivity index (χ4n) is 1.83. The van der Waals surface area contributed by atoms with Crippen molar-refractivity contribution in [3.05, 3.63) is 47.5 Å². The summed E-state index contributed by atoms with van der Waals surface area (Å²) >= 11 is 1.82. The van der Waals surface area contributed by atoms with E-state index in [0.717, 1.165) is 36.8 Å². The topological polar surface area (TPSA) is 40.7 Å². The minimum absolute atomic E-state index is 0.871. The first-order chi connectivity index (χ1) is 9.28. The summed E-state index contributed by atoms with van der Waals surface area (Å²) < 4.78 is 0. The van der Waals surface area contributed by atoms with Gasteiger partial charge in [-0.15, -0.1) is 11.8 Å². The van der Waals surface area contributed by atoms with Crippen LogP contribution in [0, 0.1) is 6.92 Å². The van der Waals surface area contributed by atoms with Crippen LogP contribution in [0.25, 0.3) is 0 Å². The van der Waals surface area contributed by atoms with Gasteiger partial charge >= 0.3 is 0 Å². The number of nitrogens with one attached hydrogen (secondary N) is 2. The van der Waals surface area contributed by atoms with Crippen molar-refractivity contribution in [2.75, 3.05) is 6.54 Å². The summed E-state index contributed by atoms with van der Waals surface area (Å²) in [7, 11) is 0. The molecular weight excluding hydrogens is 254 g/mol. The molecule has 1 aromatic carbocycles. The second kappa shape index (κ2) is 7.36. The maximum Gasteiger partial charge on any atom is 0.116 e. The molecule has 0 saturated carbocycles. The molecule has 0 fully saturated rings. The molecule has 2 N–H and O–H groups in total. The summed E-state index contributed by atoms with van der Waals surface area (Å²) in [5.41, 5.74) is 2.46. The van der Waals surface area contributed by atoms with Gasteiger partial charge in [0.15, 0.2) is 0 Å². The van der Waals surface area contributed by atoms with Crippen LogP contribution in [0.5, 0.6) is 0 Å². The third kappa shape index (κ3) is 4.73.